The molecule has 0 saturated heterocycles. The van der Waals surface area contributed by atoms with Crippen LogP contribution in [-0.2, 0) is 19.5 Å². The normalized spacial score (nSPS) is 16.7. The fourth-order valence-corrected chi connectivity index (χ4v) is 7.03. The zero-order valence-electron chi connectivity index (χ0n) is 21.5. The van der Waals surface area contributed by atoms with Gasteiger partial charge in [0.1, 0.15) is 5.00 Å². The molecule has 0 saturated carbocycles. The van der Waals surface area contributed by atoms with Crippen LogP contribution in [0.1, 0.15) is 33.3 Å². The minimum atomic E-state index is -0.302. The second kappa shape index (κ2) is 10.0. The van der Waals surface area contributed by atoms with Crippen LogP contribution in [-0.4, -0.2) is 48.2 Å². The number of urea groups is 1. The Morgan fingerprint density at radius 1 is 1.03 bits per heavy atom. The van der Waals surface area contributed by atoms with Gasteiger partial charge in [0.05, 0.1) is 32.5 Å². The number of amides is 2. The monoisotopic (exact) mass is 548 g/mol. The first kappa shape index (κ1) is 24.9. The topological polar surface area (TPSA) is 59.0 Å². The Bertz CT molecular complexity index is 1500. The third-order valence-electron chi connectivity index (χ3n) is 7.34. The summed E-state index contributed by atoms with van der Waals surface area (Å²) < 4.78 is 13.1. The molecule has 2 aromatic carbocycles. The number of aromatic nitrogens is 1. The molecule has 2 amide bonds. The van der Waals surface area contributed by atoms with Gasteiger partial charge in [-0.15, -0.1) is 11.3 Å². The van der Waals surface area contributed by atoms with Crippen LogP contribution in [0.5, 0.6) is 11.5 Å². The summed E-state index contributed by atoms with van der Waals surface area (Å²) in [5, 5.41) is 4.98. The van der Waals surface area contributed by atoms with Gasteiger partial charge in [-0.25, -0.2) is 4.79 Å². The molecule has 9 heteroatoms. The number of benzene rings is 2. The lowest BCUT2D eigenvalue weighted by atomic mass is 10.0. The number of fused-ring (bicyclic) bond motifs is 5. The van der Waals surface area contributed by atoms with E-state index >= 15 is 0 Å². The van der Waals surface area contributed by atoms with Crippen molar-refractivity contribution in [1.82, 2.24) is 14.4 Å². The van der Waals surface area contributed by atoms with Crippen molar-refractivity contribution in [3.63, 3.8) is 0 Å². The number of nitrogens with one attached hydrogen (secondary N) is 1. The molecule has 6 rings (SSSR count). The van der Waals surface area contributed by atoms with E-state index in [4.69, 9.17) is 21.1 Å². The average molecular weight is 549 g/mol. The molecule has 38 heavy (non-hydrogen) atoms. The standard InChI is InChI=1S/C29H29ClN4O3S/c1-32-14-12-21-22-16-34(29(35)31-20-10-11-24(36-2)25(15-20)37-3)27(18-6-8-19(30)9-7-18)23-5-4-13-33(23)28(22)38-26(21)17-32/h4-11,13,15,27H,12,14,16-17H2,1-3H3,(H,31,35)/t27-/m1/s1. The molecule has 2 aliphatic rings. The van der Waals surface area contributed by atoms with Gasteiger partial charge in [-0.05, 0) is 61.0 Å². The minimum absolute atomic E-state index is 0.189. The number of likely N-dealkylation sites (N-methyl/N-ethyl adjacent to an activating group) is 1. The SMILES string of the molecule is COc1ccc(NC(=O)N2Cc3c(sc4c3CCN(C)C4)-n3cccc3[C@H]2c2ccc(Cl)cc2)cc1OC. The number of hydrogen-bond acceptors (Lipinski definition) is 5. The second-order valence-electron chi connectivity index (χ2n) is 9.66. The summed E-state index contributed by atoms with van der Waals surface area (Å²) in [6.45, 7) is 2.44. The maximum absolute atomic E-state index is 14.1. The van der Waals surface area contributed by atoms with E-state index in [1.54, 1.807) is 26.4 Å². The van der Waals surface area contributed by atoms with E-state index in [0.29, 0.717) is 28.8 Å². The zero-order valence-corrected chi connectivity index (χ0v) is 23.1. The number of carbonyl (C=O) groups is 1. The smallest absolute Gasteiger partial charge is 0.322 e. The molecular weight excluding hydrogens is 520 g/mol. The van der Waals surface area contributed by atoms with E-state index in [2.05, 4.69) is 40.2 Å². The maximum Gasteiger partial charge on any atom is 0.322 e. The molecule has 0 spiro atoms. The molecule has 1 N–H and O–H groups in total. The number of nitrogens with zero attached hydrogens (tertiary/aromatic N) is 3. The number of carbonyl (C=O) groups excluding carboxylic acids is 1. The molecule has 1 atom stereocenters. The van der Waals surface area contributed by atoms with Crippen molar-refractivity contribution >= 4 is 34.7 Å². The fourth-order valence-electron chi connectivity index (χ4n) is 5.46. The van der Waals surface area contributed by atoms with Gasteiger partial charge in [-0.1, -0.05) is 23.7 Å². The highest BCUT2D eigenvalue weighted by Crippen LogP contribution is 2.44. The number of hydrogen-bond donors (Lipinski definition) is 1. The first-order chi connectivity index (χ1) is 18.5. The Labute approximate surface area is 231 Å². The molecule has 0 aliphatic carbocycles. The van der Waals surface area contributed by atoms with Crippen LogP contribution in [0, 0.1) is 0 Å². The fraction of sp³-hybridized carbons (Fsp3) is 0.276. The molecular formula is C29H29ClN4O3S. The largest absolute Gasteiger partial charge is 0.493 e. The molecule has 2 aromatic heterocycles. The van der Waals surface area contributed by atoms with Crippen LogP contribution in [0.4, 0.5) is 10.5 Å². The Balaban J connectivity index is 1.46. The first-order valence-electron chi connectivity index (χ1n) is 12.5. The van der Waals surface area contributed by atoms with Crippen molar-refractivity contribution in [3.05, 3.63) is 93.1 Å². The summed E-state index contributed by atoms with van der Waals surface area (Å²) in [6.07, 6.45) is 3.09. The number of halogens is 1. The predicted molar refractivity (Wildman–Crippen MR) is 151 cm³/mol. The van der Waals surface area contributed by atoms with Crippen LogP contribution in [0.2, 0.25) is 5.02 Å². The van der Waals surface area contributed by atoms with E-state index in [1.807, 2.05) is 46.6 Å². The number of anilines is 1. The highest BCUT2D eigenvalue weighted by molar-refractivity contribution is 7.15. The molecule has 0 radical (unpaired) electrons. The molecule has 4 aromatic rings. The van der Waals surface area contributed by atoms with Crippen molar-refractivity contribution in [1.29, 1.82) is 0 Å². The van der Waals surface area contributed by atoms with Gasteiger partial charge < -0.3 is 29.2 Å². The zero-order chi connectivity index (χ0) is 26.4. The van der Waals surface area contributed by atoms with E-state index in [9.17, 15) is 4.79 Å². The lowest BCUT2D eigenvalue weighted by molar-refractivity contribution is 0.194. The predicted octanol–water partition coefficient (Wildman–Crippen LogP) is 6.33. The molecule has 7 nitrogen and oxygen atoms in total. The summed E-state index contributed by atoms with van der Waals surface area (Å²) >= 11 is 8.09. The Hall–Kier alpha value is -3.46. The van der Waals surface area contributed by atoms with Crippen molar-refractivity contribution < 1.29 is 14.3 Å². The van der Waals surface area contributed by atoms with Crippen LogP contribution >= 0.6 is 22.9 Å². The van der Waals surface area contributed by atoms with Gasteiger partial charge in [0, 0.05) is 46.5 Å². The number of rotatable bonds is 4. The van der Waals surface area contributed by atoms with Gasteiger partial charge >= 0.3 is 6.03 Å². The van der Waals surface area contributed by atoms with E-state index < -0.39 is 0 Å². The Morgan fingerprint density at radius 3 is 2.58 bits per heavy atom. The van der Waals surface area contributed by atoms with Crippen molar-refractivity contribution in [3.8, 4) is 16.5 Å². The maximum atomic E-state index is 14.1. The van der Waals surface area contributed by atoms with Crippen LogP contribution in [0.15, 0.2) is 60.8 Å². The van der Waals surface area contributed by atoms with Gasteiger partial charge in [0.15, 0.2) is 11.5 Å². The highest BCUT2D eigenvalue weighted by atomic mass is 35.5. The number of ether oxygens (including phenoxy) is 2. The minimum Gasteiger partial charge on any atom is -0.493 e. The summed E-state index contributed by atoms with van der Waals surface area (Å²) in [5.41, 5.74) is 5.29. The molecule has 196 valence electrons. The van der Waals surface area contributed by atoms with E-state index in [-0.39, 0.29) is 12.1 Å². The summed E-state index contributed by atoms with van der Waals surface area (Å²) in [7, 11) is 5.34. The van der Waals surface area contributed by atoms with Crippen LogP contribution < -0.4 is 14.8 Å². The third kappa shape index (κ3) is 4.32. The van der Waals surface area contributed by atoms with E-state index in [0.717, 1.165) is 30.8 Å². The number of thiophene rings is 1. The summed E-state index contributed by atoms with van der Waals surface area (Å²) in [5.74, 6) is 1.17. The molecule has 0 bridgehead atoms. The lowest BCUT2D eigenvalue weighted by Crippen LogP contribution is -2.38. The Morgan fingerprint density at radius 2 is 1.82 bits per heavy atom. The van der Waals surface area contributed by atoms with E-state index in [1.165, 1.54) is 21.0 Å². The van der Waals surface area contributed by atoms with Crippen molar-refractivity contribution in [2.75, 3.05) is 33.1 Å². The molecule has 0 fully saturated rings. The van der Waals surface area contributed by atoms with Gasteiger partial charge in [-0.2, -0.15) is 0 Å². The molecule has 4 heterocycles. The first-order valence-corrected chi connectivity index (χ1v) is 13.7. The molecule has 0 unspecified atom stereocenters. The average Bonchev–Trinajstić information content (AvgIpc) is 3.50. The lowest BCUT2D eigenvalue weighted by Gasteiger charge is -2.32. The number of methoxy groups -OCH3 is 2. The highest BCUT2D eigenvalue weighted by Gasteiger charge is 2.36. The summed E-state index contributed by atoms with van der Waals surface area (Å²) in [4.78, 5) is 19.8. The van der Waals surface area contributed by atoms with Crippen molar-refractivity contribution in [2.24, 2.45) is 0 Å². The molecule has 2 aliphatic heterocycles. The summed E-state index contributed by atoms with van der Waals surface area (Å²) in [6, 6.07) is 16.8. The van der Waals surface area contributed by atoms with Crippen LogP contribution in [0.3, 0.4) is 0 Å². The van der Waals surface area contributed by atoms with Crippen molar-refractivity contribution in [2.45, 2.75) is 25.6 Å². The Kier molecular flexibility index (Phi) is 6.55. The van der Waals surface area contributed by atoms with Crippen LogP contribution in [0.25, 0.3) is 5.00 Å². The van der Waals surface area contributed by atoms with Gasteiger partial charge in [-0.3, -0.25) is 0 Å². The quantitative estimate of drug-likeness (QED) is 0.323. The van der Waals surface area contributed by atoms with Gasteiger partial charge in [0.2, 0.25) is 0 Å². The third-order valence-corrected chi connectivity index (χ3v) is 8.85. The van der Waals surface area contributed by atoms with Gasteiger partial charge in [0.25, 0.3) is 0 Å². The second-order valence-corrected chi connectivity index (χ2v) is 11.2.